The summed E-state index contributed by atoms with van der Waals surface area (Å²) in [6.07, 6.45) is -0.642. The Bertz CT molecular complexity index is 418. The van der Waals surface area contributed by atoms with E-state index in [4.69, 9.17) is 39.5 Å². The molecule has 92 valence electrons. The molecule has 1 amide bonds. The Labute approximate surface area is 114 Å². The first-order valence-electron chi connectivity index (χ1n) is 5.06. The number of hydrogen-bond donors (Lipinski definition) is 0. The number of rotatable bonds is 3. The average Bonchev–Trinajstić information content (AvgIpc) is 2.65. The fourth-order valence-corrected chi connectivity index (χ4v) is 2.34. The number of amides is 1. The summed E-state index contributed by atoms with van der Waals surface area (Å²) in [4.78, 5) is 13.1. The Morgan fingerprint density at radius 3 is 2.53 bits per heavy atom. The van der Waals surface area contributed by atoms with Crippen molar-refractivity contribution in [1.82, 2.24) is 4.90 Å². The molecule has 3 nitrogen and oxygen atoms in total. The van der Waals surface area contributed by atoms with Gasteiger partial charge in [0.25, 0.3) is 0 Å². The van der Waals surface area contributed by atoms with Crippen LogP contribution < -0.4 is 0 Å². The predicted octanol–water partition coefficient (Wildman–Crippen LogP) is 3.55. The van der Waals surface area contributed by atoms with Crippen molar-refractivity contribution < 1.29 is 9.53 Å². The first-order valence-corrected chi connectivity index (χ1v) is 6.35. The lowest BCUT2D eigenvalue weighted by atomic mass is 10.2. The van der Waals surface area contributed by atoms with Gasteiger partial charge in [-0.15, -0.1) is 11.6 Å². The van der Waals surface area contributed by atoms with E-state index < -0.39 is 0 Å². The number of nitrogens with zero attached hydrogens (tertiary/aromatic N) is 1. The summed E-state index contributed by atoms with van der Waals surface area (Å²) in [5.41, 5.74) is 0.725. The van der Waals surface area contributed by atoms with Crippen LogP contribution in [0.3, 0.4) is 0 Å². The molecule has 2 rings (SSSR count). The number of halogens is 3. The Hall–Kier alpha value is -0.640. The van der Waals surface area contributed by atoms with Crippen molar-refractivity contribution in [1.29, 1.82) is 0 Å². The van der Waals surface area contributed by atoms with Gasteiger partial charge in [0.2, 0.25) is 0 Å². The minimum Gasteiger partial charge on any atom is -0.443 e. The molecular formula is C11H10Cl3NO2. The smallest absolute Gasteiger partial charge is 0.410 e. The van der Waals surface area contributed by atoms with E-state index in [1.54, 1.807) is 23.1 Å². The van der Waals surface area contributed by atoms with Crippen LogP contribution in [0, 0.1) is 0 Å². The molecule has 1 aromatic rings. The van der Waals surface area contributed by atoms with Crippen LogP contribution in [0.5, 0.6) is 0 Å². The summed E-state index contributed by atoms with van der Waals surface area (Å²) in [5.74, 6) is 0.290. The molecular weight excluding hydrogens is 284 g/mol. The molecule has 0 aromatic heterocycles. The van der Waals surface area contributed by atoms with E-state index in [1.165, 1.54) is 0 Å². The van der Waals surface area contributed by atoms with Crippen molar-refractivity contribution in [2.45, 2.75) is 12.6 Å². The van der Waals surface area contributed by atoms with Crippen molar-refractivity contribution in [3.63, 3.8) is 0 Å². The van der Waals surface area contributed by atoms with Gasteiger partial charge in [-0.3, -0.25) is 0 Å². The maximum absolute atomic E-state index is 11.5. The van der Waals surface area contributed by atoms with Gasteiger partial charge in [0.05, 0.1) is 19.0 Å². The normalized spacial score (nSPS) is 19.6. The van der Waals surface area contributed by atoms with Gasteiger partial charge >= 0.3 is 6.09 Å². The molecule has 0 saturated carbocycles. The number of carbonyl (C=O) groups is 1. The first kappa shape index (κ1) is 12.8. The fraction of sp³-hybridized carbons (Fsp3) is 0.364. The van der Waals surface area contributed by atoms with Crippen molar-refractivity contribution in [3.8, 4) is 0 Å². The molecule has 6 heteroatoms. The molecule has 0 spiro atoms. The Balaban J connectivity index is 2.14. The molecule has 0 bridgehead atoms. The van der Waals surface area contributed by atoms with Crippen LogP contribution in [0.1, 0.15) is 5.56 Å². The van der Waals surface area contributed by atoms with Crippen LogP contribution in [0.15, 0.2) is 18.2 Å². The third-order valence-corrected chi connectivity index (χ3v) is 3.58. The lowest BCUT2D eigenvalue weighted by Crippen LogP contribution is -2.25. The summed E-state index contributed by atoms with van der Waals surface area (Å²) in [7, 11) is 0. The number of carbonyl (C=O) groups excluding carboxylic acids is 1. The fourth-order valence-electron chi connectivity index (χ4n) is 1.66. The monoisotopic (exact) mass is 293 g/mol. The molecule has 0 unspecified atom stereocenters. The van der Waals surface area contributed by atoms with Gasteiger partial charge in [0.15, 0.2) is 0 Å². The molecule has 1 aliphatic rings. The van der Waals surface area contributed by atoms with Crippen molar-refractivity contribution in [2.75, 3.05) is 12.4 Å². The van der Waals surface area contributed by atoms with Gasteiger partial charge in [-0.2, -0.15) is 0 Å². The zero-order chi connectivity index (χ0) is 12.4. The lowest BCUT2D eigenvalue weighted by Gasteiger charge is -2.14. The number of cyclic esters (lactones) is 1. The summed E-state index contributed by atoms with van der Waals surface area (Å²) in [5, 5.41) is 1.08. The van der Waals surface area contributed by atoms with Crippen LogP contribution in [0.25, 0.3) is 0 Å². The van der Waals surface area contributed by atoms with Crippen LogP contribution >= 0.6 is 34.8 Å². The van der Waals surface area contributed by atoms with Gasteiger partial charge in [-0.25, -0.2) is 4.79 Å². The lowest BCUT2D eigenvalue weighted by molar-refractivity contribution is 0.138. The summed E-state index contributed by atoms with van der Waals surface area (Å²) < 4.78 is 5.04. The Kier molecular flexibility index (Phi) is 4.02. The molecule has 1 atom stereocenters. The van der Waals surface area contributed by atoms with E-state index in [9.17, 15) is 4.79 Å². The average molecular weight is 295 g/mol. The van der Waals surface area contributed by atoms with Crippen molar-refractivity contribution in [2.24, 2.45) is 0 Å². The largest absolute Gasteiger partial charge is 0.443 e. The molecule has 1 saturated heterocycles. The van der Waals surface area contributed by atoms with E-state index in [2.05, 4.69) is 0 Å². The van der Waals surface area contributed by atoms with Gasteiger partial charge in [0.1, 0.15) is 6.10 Å². The second-order valence-electron chi connectivity index (χ2n) is 3.74. The number of ether oxygens (including phenoxy) is 1. The van der Waals surface area contributed by atoms with E-state index in [-0.39, 0.29) is 12.2 Å². The Morgan fingerprint density at radius 2 is 2.00 bits per heavy atom. The molecule has 1 heterocycles. The van der Waals surface area contributed by atoms with E-state index in [1.807, 2.05) is 0 Å². The van der Waals surface area contributed by atoms with Crippen LogP contribution in [0.2, 0.25) is 10.0 Å². The third kappa shape index (κ3) is 2.79. The highest BCUT2D eigenvalue weighted by atomic mass is 35.5. The molecule has 1 aromatic carbocycles. The Morgan fingerprint density at radius 1 is 1.35 bits per heavy atom. The van der Waals surface area contributed by atoms with Gasteiger partial charge < -0.3 is 9.64 Å². The van der Waals surface area contributed by atoms with Crippen LogP contribution in [0.4, 0.5) is 4.79 Å². The minimum atomic E-state index is -0.383. The number of benzene rings is 1. The maximum Gasteiger partial charge on any atom is 0.410 e. The maximum atomic E-state index is 11.5. The van der Waals surface area contributed by atoms with Gasteiger partial charge in [-0.1, -0.05) is 29.3 Å². The van der Waals surface area contributed by atoms with Crippen molar-refractivity contribution >= 4 is 40.9 Å². The third-order valence-electron chi connectivity index (χ3n) is 2.53. The second-order valence-corrected chi connectivity index (χ2v) is 4.86. The highest BCUT2D eigenvalue weighted by molar-refractivity contribution is 6.36. The minimum absolute atomic E-state index is 0.259. The number of alkyl halides is 1. The van der Waals surface area contributed by atoms with Crippen LogP contribution in [-0.4, -0.2) is 29.5 Å². The number of hydrogen-bond acceptors (Lipinski definition) is 2. The summed E-state index contributed by atoms with van der Waals surface area (Å²) >= 11 is 17.7. The predicted molar refractivity (Wildman–Crippen MR) is 67.9 cm³/mol. The topological polar surface area (TPSA) is 29.5 Å². The highest BCUT2D eigenvalue weighted by Crippen LogP contribution is 2.27. The van der Waals surface area contributed by atoms with E-state index >= 15 is 0 Å². The van der Waals surface area contributed by atoms with E-state index in [0.29, 0.717) is 29.0 Å². The van der Waals surface area contributed by atoms with Crippen molar-refractivity contribution in [3.05, 3.63) is 33.8 Å². The molecule has 1 aliphatic heterocycles. The summed E-state index contributed by atoms with van der Waals surface area (Å²) in [6, 6.07) is 5.24. The second kappa shape index (κ2) is 5.34. The summed E-state index contributed by atoms with van der Waals surface area (Å²) in [6.45, 7) is 0.800. The molecule has 0 N–H and O–H groups in total. The molecule has 0 aliphatic carbocycles. The first-order chi connectivity index (χ1) is 8.11. The molecule has 1 fully saturated rings. The van der Waals surface area contributed by atoms with E-state index in [0.717, 1.165) is 5.56 Å². The molecule has 0 radical (unpaired) electrons. The zero-order valence-corrected chi connectivity index (χ0v) is 11.1. The standard InChI is InChI=1S/C11H10Cl3NO2/c12-4-7-5-15(11(16)17-7)6-8-9(13)2-1-3-10(8)14/h1-3,7H,4-6H2/t7-/m0/s1. The SMILES string of the molecule is O=C1O[C@@H](CCl)CN1Cc1c(Cl)cccc1Cl. The van der Waals surface area contributed by atoms with Crippen LogP contribution in [-0.2, 0) is 11.3 Å². The zero-order valence-electron chi connectivity index (χ0n) is 8.83. The molecule has 17 heavy (non-hydrogen) atoms. The highest BCUT2D eigenvalue weighted by Gasteiger charge is 2.31. The quantitative estimate of drug-likeness (QED) is 0.798. The van der Waals surface area contributed by atoms with Gasteiger partial charge in [0, 0.05) is 15.6 Å². The van der Waals surface area contributed by atoms with Gasteiger partial charge in [-0.05, 0) is 12.1 Å².